The molecule has 0 saturated heterocycles. The number of aromatic nitrogens is 1. The third-order valence-electron chi connectivity index (χ3n) is 7.30. The van der Waals surface area contributed by atoms with Crippen LogP contribution >= 0.6 is 11.3 Å². The zero-order chi connectivity index (χ0) is 26.4. The van der Waals surface area contributed by atoms with Crippen molar-refractivity contribution in [2.24, 2.45) is 0 Å². The van der Waals surface area contributed by atoms with Crippen molar-refractivity contribution in [1.82, 2.24) is 15.2 Å². The molecule has 4 aromatic rings. The van der Waals surface area contributed by atoms with Gasteiger partial charge in [0.15, 0.2) is 0 Å². The molecule has 2 aromatic heterocycles. The summed E-state index contributed by atoms with van der Waals surface area (Å²) in [6, 6.07) is 17.1. The molecule has 2 N–H and O–H groups in total. The Bertz CT molecular complexity index is 1530. The van der Waals surface area contributed by atoms with Crippen LogP contribution in [0, 0.1) is 6.92 Å². The Morgan fingerprint density at radius 1 is 1.11 bits per heavy atom. The van der Waals surface area contributed by atoms with Crippen LogP contribution < -0.4 is 20.3 Å². The number of thiophene rings is 1. The molecule has 0 unspecified atom stereocenters. The predicted octanol–water partition coefficient (Wildman–Crippen LogP) is 6.29. The van der Waals surface area contributed by atoms with Gasteiger partial charge in [0, 0.05) is 18.3 Å². The van der Waals surface area contributed by atoms with Gasteiger partial charge < -0.3 is 20.3 Å². The largest absolute Gasteiger partial charge is 0.457 e. The van der Waals surface area contributed by atoms with E-state index >= 15 is 0 Å². The average molecular weight is 528 g/mol. The molecule has 3 heterocycles. The number of nitrogens with zero attached hydrogens (tertiary/aromatic N) is 3. The number of nitrogens with one attached hydrogen (secondary N) is 2. The Morgan fingerprint density at radius 3 is 2.68 bits per heavy atom. The van der Waals surface area contributed by atoms with Crippen molar-refractivity contribution in [1.29, 1.82) is 0 Å². The maximum atomic E-state index is 13.5. The molecular formula is C29H29N5O3S. The topological polar surface area (TPSA) is 86.8 Å². The molecule has 3 amide bonds. The molecule has 1 fully saturated rings. The number of carbonyl (C=O) groups excluding carboxylic acids is 2. The highest BCUT2D eigenvalue weighted by atomic mass is 32.1. The van der Waals surface area contributed by atoms with Gasteiger partial charge >= 0.3 is 6.03 Å². The molecule has 0 radical (unpaired) electrons. The van der Waals surface area contributed by atoms with Crippen LogP contribution in [0.15, 0.2) is 60.8 Å². The van der Waals surface area contributed by atoms with Gasteiger partial charge in [-0.3, -0.25) is 9.69 Å². The van der Waals surface area contributed by atoms with Crippen LogP contribution in [0.4, 0.5) is 21.9 Å². The van der Waals surface area contributed by atoms with E-state index in [0.717, 1.165) is 41.6 Å². The molecular weight excluding hydrogens is 498 g/mol. The lowest BCUT2D eigenvalue weighted by Crippen LogP contribution is -2.46. The van der Waals surface area contributed by atoms with Crippen LogP contribution in [0.1, 0.15) is 34.5 Å². The van der Waals surface area contributed by atoms with Crippen LogP contribution in [-0.4, -0.2) is 48.0 Å². The summed E-state index contributed by atoms with van der Waals surface area (Å²) in [5.74, 6) is 1.27. The normalized spacial score (nSPS) is 18.6. The van der Waals surface area contributed by atoms with E-state index in [1.54, 1.807) is 11.1 Å². The van der Waals surface area contributed by atoms with Crippen molar-refractivity contribution in [2.75, 3.05) is 24.3 Å². The molecule has 6 rings (SSSR count). The van der Waals surface area contributed by atoms with E-state index in [-0.39, 0.29) is 18.0 Å². The Labute approximate surface area is 225 Å². The maximum absolute atomic E-state index is 13.5. The minimum atomic E-state index is -0.315. The molecule has 38 heavy (non-hydrogen) atoms. The quantitative estimate of drug-likeness (QED) is 0.308. The molecule has 0 spiro atoms. The second kappa shape index (κ2) is 9.74. The highest BCUT2D eigenvalue weighted by molar-refractivity contribution is 7.21. The fourth-order valence-corrected chi connectivity index (χ4v) is 6.53. The molecule has 2 atom stereocenters. The summed E-state index contributed by atoms with van der Waals surface area (Å²) in [5, 5.41) is 7.00. The first-order valence-corrected chi connectivity index (χ1v) is 13.6. The number of carbonyl (C=O) groups is 2. The van der Waals surface area contributed by atoms with Gasteiger partial charge in [-0.1, -0.05) is 18.2 Å². The first-order chi connectivity index (χ1) is 18.4. The first-order valence-electron chi connectivity index (χ1n) is 12.7. The van der Waals surface area contributed by atoms with Crippen molar-refractivity contribution in [2.45, 2.75) is 38.3 Å². The molecule has 1 aliphatic heterocycles. The summed E-state index contributed by atoms with van der Waals surface area (Å²) in [4.78, 5) is 36.5. The summed E-state index contributed by atoms with van der Waals surface area (Å²) in [5.41, 5.74) is 2.85. The number of anilines is 3. The second-order valence-electron chi connectivity index (χ2n) is 9.99. The third kappa shape index (κ3) is 4.27. The smallest absolute Gasteiger partial charge is 0.331 e. The van der Waals surface area contributed by atoms with Crippen LogP contribution in [0.25, 0.3) is 10.2 Å². The maximum Gasteiger partial charge on any atom is 0.331 e. The Kier molecular flexibility index (Phi) is 6.25. The van der Waals surface area contributed by atoms with E-state index in [0.29, 0.717) is 32.9 Å². The van der Waals surface area contributed by atoms with Crippen molar-refractivity contribution < 1.29 is 14.3 Å². The summed E-state index contributed by atoms with van der Waals surface area (Å²) in [6.07, 6.45) is 4.77. The number of hydrogen-bond donors (Lipinski definition) is 2. The first kappa shape index (κ1) is 24.4. The van der Waals surface area contributed by atoms with Gasteiger partial charge in [-0.25, -0.2) is 9.78 Å². The molecule has 2 aromatic carbocycles. The molecule has 1 aliphatic carbocycles. The SMILES string of the molecule is Cc1cc(Oc2ccccc2)ccc1N1C(=O)Nc2c(C(=O)N[C@@H]3CCC[C@H]3N(C)C)sc3nccc1c23. The van der Waals surface area contributed by atoms with Crippen molar-refractivity contribution in [3.63, 3.8) is 0 Å². The van der Waals surface area contributed by atoms with Gasteiger partial charge in [0.2, 0.25) is 0 Å². The number of amides is 3. The number of aryl methyl sites for hydroxylation is 1. The fourth-order valence-electron chi connectivity index (χ4n) is 5.51. The molecule has 9 heteroatoms. The molecule has 194 valence electrons. The van der Waals surface area contributed by atoms with Crippen molar-refractivity contribution in [3.8, 4) is 11.5 Å². The van der Waals surface area contributed by atoms with E-state index in [4.69, 9.17) is 4.74 Å². The summed E-state index contributed by atoms with van der Waals surface area (Å²) < 4.78 is 5.97. The zero-order valence-corrected chi connectivity index (χ0v) is 22.3. The highest BCUT2D eigenvalue weighted by Crippen LogP contribution is 2.46. The molecule has 2 aliphatic rings. The van der Waals surface area contributed by atoms with Crippen molar-refractivity contribution in [3.05, 3.63) is 71.2 Å². The molecule has 0 bridgehead atoms. The van der Waals surface area contributed by atoms with Gasteiger partial charge in [-0.15, -0.1) is 11.3 Å². The second-order valence-corrected chi connectivity index (χ2v) is 11.0. The van der Waals surface area contributed by atoms with Crippen LogP contribution in [0.2, 0.25) is 0 Å². The minimum Gasteiger partial charge on any atom is -0.457 e. The van der Waals surface area contributed by atoms with Crippen LogP contribution in [0.3, 0.4) is 0 Å². The predicted molar refractivity (Wildman–Crippen MR) is 151 cm³/mol. The Hall–Kier alpha value is -3.95. The summed E-state index contributed by atoms with van der Waals surface area (Å²) in [6.45, 7) is 1.95. The van der Waals surface area contributed by atoms with Gasteiger partial charge in [-0.05, 0) is 82.2 Å². The van der Waals surface area contributed by atoms with E-state index in [9.17, 15) is 9.59 Å². The molecule has 1 saturated carbocycles. The minimum absolute atomic E-state index is 0.0809. The number of ether oxygens (including phenoxy) is 1. The monoisotopic (exact) mass is 527 g/mol. The van der Waals surface area contributed by atoms with Gasteiger partial charge in [0.1, 0.15) is 21.2 Å². The lowest BCUT2D eigenvalue weighted by Gasteiger charge is -2.30. The number of rotatable bonds is 6. The lowest BCUT2D eigenvalue weighted by atomic mass is 10.1. The van der Waals surface area contributed by atoms with Crippen molar-refractivity contribution >= 4 is 50.6 Å². The standard InChI is InChI=1S/C29H29N5O3S/c1-17-16-19(37-18-8-5-4-6-9-18)12-13-21(17)34-23-14-15-30-28-24(23)25(32-29(34)36)26(38-28)27(35)31-20-10-7-11-22(20)33(2)3/h4-6,8-9,12-16,20,22H,7,10-11H2,1-3H3,(H,31,35)(H,32,36)/t20-,22-/m1/s1. The van der Waals surface area contributed by atoms with E-state index in [1.165, 1.54) is 11.3 Å². The zero-order valence-electron chi connectivity index (χ0n) is 21.5. The number of pyridine rings is 1. The lowest BCUT2D eigenvalue weighted by molar-refractivity contribution is 0.0924. The van der Waals surface area contributed by atoms with E-state index in [2.05, 4.69) is 20.5 Å². The number of benzene rings is 2. The fraction of sp³-hybridized carbons (Fsp3) is 0.276. The number of urea groups is 1. The third-order valence-corrected chi connectivity index (χ3v) is 8.40. The summed E-state index contributed by atoms with van der Waals surface area (Å²) in [7, 11) is 4.09. The van der Waals surface area contributed by atoms with Crippen LogP contribution in [0.5, 0.6) is 11.5 Å². The number of para-hydroxylation sites is 1. The average Bonchev–Trinajstić information content (AvgIpc) is 3.51. The van der Waals surface area contributed by atoms with Gasteiger partial charge in [0.05, 0.1) is 22.4 Å². The Morgan fingerprint density at radius 2 is 1.92 bits per heavy atom. The Balaban J connectivity index is 1.33. The highest BCUT2D eigenvalue weighted by Gasteiger charge is 2.35. The summed E-state index contributed by atoms with van der Waals surface area (Å²) >= 11 is 1.31. The van der Waals surface area contributed by atoms with E-state index in [1.807, 2.05) is 75.6 Å². The van der Waals surface area contributed by atoms with Crippen LogP contribution in [-0.2, 0) is 0 Å². The van der Waals surface area contributed by atoms with Gasteiger partial charge in [-0.2, -0.15) is 0 Å². The van der Waals surface area contributed by atoms with E-state index < -0.39 is 0 Å². The van der Waals surface area contributed by atoms with Gasteiger partial charge in [0.25, 0.3) is 5.91 Å². The number of likely N-dealkylation sites (N-methyl/N-ethyl adjacent to an activating group) is 1. The molecule has 8 nitrogen and oxygen atoms in total. The number of hydrogen-bond acceptors (Lipinski definition) is 6.